The summed E-state index contributed by atoms with van der Waals surface area (Å²) in [6.07, 6.45) is 4.69. The maximum Gasteiger partial charge on any atom is 0.326 e. The van der Waals surface area contributed by atoms with E-state index in [0.29, 0.717) is 5.69 Å². The SMILES string of the molecule is NC(CO)C(=O)NC(Cc1cnc[nH]1)C(=O)NC(Cc1c[nH]c2ccccc12)C(=O)O. The van der Waals surface area contributed by atoms with Crippen LogP contribution in [0.15, 0.2) is 43.0 Å². The number of carboxylic acids is 1. The maximum atomic E-state index is 12.9. The minimum atomic E-state index is -1.22. The van der Waals surface area contributed by atoms with Crippen LogP contribution in [0.4, 0.5) is 0 Å². The number of amides is 2. The van der Waals surface area contributed by atoms with Crippen LogP contribution < -0.4 is 16.4 Å². The number of nitrogens with one attached hydrogen (secondary N) is 4. The fourth-order valence-corrected chi connectivity index (χ4v) is 3.18. The Morgan fingerprint density at radius 3 is 2.48 bits per heavy atom. The Hall–Kier alpha value is -3.70. The summed E-state index contributed by atoms with van der Waals surface area (Å²) in [6, 6.07) is 3.88. The van der Waals surface area contributed by atoms with Gasteiger partial charge >= 0.3 is 5.97 Å². The summed E-state index contributed by atoms with van der Waals surface area (Å²) in [5.41, 5.74) is 7.67. The van der Waals surface area contributed by atoms with E-state index in [9.17, 15) is 19.5 Å². The number of aromatic amines is 2. The molecule has 0 fully saturated rings. The van der Waals surface area contributed by atoms with Gasteiger partial charge < -0.3 is 36.5 Å². The highest BCUT2D eigenvalue weighted by atomic mass is 16.4. The lowest BCUT2D eigenvalue weighted by Gasteiger charge is -2.22. The van der Waals surface area contributed by atoms with E-state index in [1.807, 2.05) is 24.3 Å². The summed E-state index contributed by atoms with van der Waals surface area (Å²) in [4.78, 5) is 46.6. The summed E-state index contributed by atoms with van der Waals surface area (Å²) < 4.78 is 0. The van der Waals surface area contributed by atoms with Crippen LogP contribution in [0.2, 0.25) is 0 Å². The number of imidazole rings is 1. The summed E-state index contributed by atoms with van der Waals surface area (Å²) in [7, 11) is 0. The number of carboxylic acid groups (broad SMARTS) is 1. The first-order chi connectivity index (χ1) is 14.9. The van der Waals surface area contributed by atoms with Crippen molar-refractivity contribution in [2.45, 2.75) is 31.0 Å². The topological polar surface area (TPSA) is 186 Å². The average Bonchev–Trinajstić information content (AvgIpc) is 3.42. The Morgan fingerprint density at radius 2 is 1.81 bits per heavy atom. The van der Waals surface area contributed by atoms with Crippen molar-refractivity contribution in [3.05, 3.63) is 54.2 Å². The third-order valence-corrected chi connectivity index (χ3v) is 4.86. The number of rotatable bonds is 10. The van der Waals surface area contributed by atoms with Crippen molar-refractivity contribution in [3.8, 4) is 0 Å². The minimum Gasteiger partial charge on any atom is -0.480 e. The van der Waals surface area contributed by atoms with Gasteiger partial charge in [-0.15, -0.1) is 0 Å². The standard InChI is InChI=1S/C20H24N6O5/c21-14(9-27)18(28)25-16(6-12-8-22-10-24-12)19(29)26-17(20(30)31)5-11-7-23-15-4-2-1-3-13(11)15/h1-4,7-8,10,14,16-17,23,27H,5-6,9,21H2,(H,22,24)(H,25,28)(H,26,29)(H,30,31). The van der Waals surface area contributed by atoms with Crippen molar-refractivity contribution in [3.63, 3.8) is 0 Å². The number of aromatic nitrogens is 3. The molecule has 0 bridgehead atoms. The number of carbonyl (C=O) groups is 3. The van der Waals surface area contributed by atoms with Crippen molar-refractivity contribution in [1.82, 2.24) is 25.6 Å². The molecular formula is C20H24N6O5. The summed E-state index contributed by atoms with van der Waals surface area (Å²) in [6.45, 7) is -0.595. The second kappa shape index (κ2) is 9.87. The predicted molar refractivity (Wildman–Crippen MR) is 111 cm³/mol. The molecule has 0 spiro atoms. The molecule has 1 aromatic carbocycles. The van der Waals surface area contributed by atoms with Crippen LogP contribution in [0.5, 0.6) is 0 Å². The molecule has 31 heavy (non-hydrogen) atoms. The number of aliphatic hydroxyl groups excluding tert-OH is 1. The molecule has 0 radical (unpaired) electrons. The molecule has 3 aromatic rings. The number of hydrogen-bond acceptors (Lipinski definition) is 6. The zero-order valence-electron chi connectivity index (χ0n) is 16.5. The zero-order valence-corrected chi connectivity index (χ0v) is 16.5. The molecule has 3 rings (SSSR count). The lowest BCUT2D eigenvalue weighted by Crippen LogP contribution is -2.56. The van der Waals surface area contributed by atoms with E-state index in [0.717, 1.165) is 16.5 Å². The number of aliphatic carboxylic acids is 1. The zero-order chi connectivity index (χ0) is 22.4. The van der Waals surface area contributed by atoms with Crippen LogP contribution in [0.3, 0.4) is 0 Å². The van der Waals surface area contributed by atoms with E-state index >= 15 is 0 Å². The smallest absolute Gasteiger partial charge is 0.326 e. The number of nitrogens with zero attached hydrogens (tertiary/aromatic N) is 1. The highest BCUT2D eigenvalue weighted by Gasteiger charge is 2.29. The molecule has 0 aliphatic rings. The predicted octanol–water partition coefficient (Wildman–Crippen LogP) is -0.950. The van der Waals surface area contributed by atoms with Gasteiger partial charge in [-0.25, -0.2) is 9.78 Å². The second-order valence-electron chi connectivity index (χ2n) is 7.09. The minimum absolute atomic E-state index is 0.0369. The third-order valence-electron chi connectivity index (χ3n) is 4.86. The van der Waals surface area contributed by atoms with Gasteiger partial charge in [-0.1, -0.05) is 18.2 Å². The number of H-pyrrole nitrogens is 2. The molecule has 0 aliphatic carbocycles. The Morgan fingerprint density at radius 1 is 1.06 bits per heavy atom. The highest BCUT2D eigenvalue weighted by Crippen LogP contribution is 2.19. The molecule has 0 aliphatic heterocycles. The van der Waals surface area contributed by atoms with E-state index in [-0.39, 0.29) is 12.8 Å². The normalized spacial score (nSPS) is 14.0. The first-order valence-electron chi connectivity index (χ1n) is 9.61. The maximum absolute atomic E-state index is 12.9. The number of carbonyl (C=O) groups excluding carboxylic acids is 2. The number of para-hydroxylation sites is 1. The van der Waals surface area contributed by atoms with Gasteiger partial charge in [0, 0.05) is 41.8 Å². The summed E-state index contributed by atoms with van der Waals surface area (Å²) >= 11 is 0. The quantitative estimate of drug-likeness (QED) is 0.217. The van der Waals surface area contributed by atoms with Gasteiger partial charge in [-0.2, -0.15) is 0 Å². The number of hydrogen-bond donors (Lipinski definition) is 7. The van der Waals surface area contributed by atoms with Crippen LogP contribution in [0.1, 0.15) is 11.3 Å². The molecule has 0 saturated carbocycles. The molecule has 2 aromatic heterocycles. The first-order valence-corrected chi connectivity index (χ1v) is 9.61. The Labute approximate surface area is 177 Å². The summed E-state index contributed by atoms with van der Waals surface area (Å²) in [5.74, 6) is -2.64. The van der Waals surface area contributed by atoms with Crippen LogP contribution in [-0.4, -0.2) is 67.7 Å². The molecule has 0 saturated heterocycles. The Kier molecular flexibility index (Phi) is 7.00. The fraction of sp³-hybridized carbons (Fsp3) is 0.300. The number of fused-ring (bicyclic) bond motifs is 1. The second-order valence-corrected chi connectivity index (χ2v) is 7.09. The van der Waals surface area contributed by atoms with Gasteiger partial charge in [0.1, 0.15) is 18.1 Å². The first kappa shape index (κ1) is 22.0. The molecule has 2 amide bonds. The van der Waals surface area contributed by atoms with Crippen molar-refractivity contribution in [2.75, 3.05) is 6.61 Å². The van der Waals surface area contributed by atoms with E-state index in [1.165, 1.54) is 12.5 Å². The van der Waals surface area contributed by atoms with Crippen LogP contribution in [0.25, 0.3) is 10.9 Å². The van der Waals surface area contributed by atoms with E-state index in [4.69, 9.17) is 10.8 Å². The lowest BCUT2D eigenvalue weighted by atomic mass is 10.0. The molecule has 2 heterocycles. The van der Waals surface area contributed by atoms with Crippen LogP contribution >= 0.6 is 0 Å². The fourth-order valence-electron chi connectivity index (χ4n) is 3.18. The number of benzene rings is 1. The van der Waals surface area contributed by atoms with Crippen LogP contribution in [0, 0.1) is 0 Å². The van der Waals surface area contributed by atoms with Crippen LogP contribution in [-0.2, 0) is 27.2 Å². The molecule has 11 nitrogen and oxygen atoms in total. The van der Waals surface area contributed by atoms with Crippen molar-refractivity contribution < 1.29 is 24.6 Å². The molecule has 3 atom stereocenters. The largest absolute Gasteiger partial charge is 0.480 e. The van der Waals surface area contributed by atoms with Crippen molar-refractivity contribution in [2.24, 2.45) is 5.73 Å². The number of nitrogens with two attached hydrogens (primary N) is 1. The third kappa shape index (κ3) is 5.47. The lowest BCUT2D eigenvalue weighted by molar-refractivity contribution is -0.142. The summed E-state index contributed by atoms with van der Waals surface area (Å²) in [5, 5.41) is 24.5. The van der Waals surface area contributed by atoms with E-state index in [1.54, 1.807) is 6.20 Å². The van der Waals surface area contributed by atoms with Gasteiger partial charge in [0.15, 0.2) is 0 Å². The Balaban J connectivity index is 1.76. The average molecular weight is 428 g/mol. The molecule has 8 N–H and O–H groups in total. The van der Waals surface area contributed by atoms with Gasteiger partial charge in [0.25, 0.3) is 0 Å². The van der Waals surface area contributed by atoms with Gasteiger partial charge in [0.2, 0.25) is 11.8 Å². The van der Waals surface area contributed by atoms with E-state index in [2.05, 4.69) is 25.6 Å². The number of aliphatic hydroxyl groups is 1. The molecule has 3 unspecified atom stereocenters. The molecule has 11 heteroatoms. The van der Waals surface area contributed by atoms with Gasteiger partial charge in [-0.3, -0.25) is 9.59 Å². The van der Waals surface area contributed by atoms with Gasteiger partial charge in [0.05, 0.1) is 12.9 Å². The molecular weight excluding hydrogens is 404 g/mol. The van der Waals surface area contributed by atoms with Gasteiger partial charge in [-0.05, 0) is 11.6 Å². The van der Waals surface area contributed by atoms with Crippen molar-refractivity contribution in [1.29, 1.82) is 0 Å². The Bertz CT molecular complexity index is 1050. The monoisotopic (exact) mass is 428 g/mol. The molecule has 164 valence electrons. The van der Waals surface area contributed by atoms with E-state index < -0.39 is 42.5 Å². The highest BCUT2D eigenvalue weighted by molar-refractivity contribution is 5.92. The van der Waals surface area contributed by atoms with Crippen molar-refractivity contribution >= 4 is 28.7 Å².